The standard InChI is InChI=1S/C52H33N5O/c1-6-20-45-37(14-1)38-15-2-7-21-46(38)57(45)52-54-50(53-51(55-52)34-24-26-49-43(30-34)40-17-4-8-22-48(40)58-49)33-12-9-13-35(27-33)56-44-19-5-3-16-39(44)42-29-32(23-25-47(42)56)36-18-10-11-31-28-41(31)36/h1-11,13-31,33H,12H2/t31-,33?/m1/s1. The zero-order valence-electron chi connectivity index (χ0n) is 31.2. The molecule has 0 saturated heterocycles. The van der Waals surface area contributed by atoms with Gasteiger partial charge in [0.25, 0.3) is 0 Å². The summed E-state index contributed by atoms with van der Waals surface area (Å²) in [7, 11) is 0. The van der Waals surface area contributed by atoms with Gasteiger partial charge < -0.3 is 8.98 Å². The molecule has 58 heavy (non-hydrogen) atoms. The average molecular weight is 744 g/mol. The molecule has 0 aliphatic heterocycles. The molecule has 4 heterocycles. The van der Waals surface area contributed by atoms with Gasteiger partial charge in [0.2, 0.25) is 5.95 Å². The number of fused-ring (bicyclic) bond motifs is 10. The molecule has 0 spiro atoms. The van der Waals surface area contributed by atoms with E-state index in [0.29, 0.717) is 17.7 Å². The van der Waals surface area contributed by atoms with E-state index in [1.54, 1.807) is 0 Å². The SMILES string of the molecule is C1=C[C@@H]2C=C2C(c2ccc3c(c2)c2ccccc2n3C2=CC(c3nc(-c4ccc5oc6ccccc6c5c4)nc(-n4c5ccccc5c5ccccc54)n3)CC=C2)=C1. The summed E-state index contributed by atoms with van der Waals surface area (Å²) in [6, 6.07) is 47.1. The second-order valence-electron chi connectivity index (χ2n) is 15.5. The van der Waals surface area contributed by atoms with E-state index in [-0.39, 0.29) is 5.92 Å². The summed E-state index contributed by atoms with van der Waals surface area (Å²) in [6.07, 6.45) is 16.7. The fraction of sp³-hybridized carbons (Fsp3) is 0.0577. The number of furan rings is 1. The predicted molar refractivity (Wildman–Crippen MR) is 236 cm³/mol. The maximum Gasteiger partial charge on any atom is 0.238 e. The first-order valence-corrected chi connectivity index (χ1v) is 19.9. The van der Waals surface area contributed by atoms with E-state index in [0.717, 1.165) is 67.3 Å². The smallest absolute Gasteiger partial charge is 0.238 e. The van der Waals surface area contributed by atoms with E-state index in [1.807, 2.05) is 24.3 Å². The van der Waals surface area contributed by atoms with E-state index in [2.05, 4.69) is 161 Å². The largest absolute Gasteiger partial charge is 0.456 e. The Morgan fingerprint density at radius 2 is 1.21 bits per heavy atom. The molecule has 6 nitrogen and oxygen atoms in total. The quantitative estimate of drug-likeness (QED) is 0.176. The van der Waals surface area contributed by atoms with Crippen LogP contribution in [0.2, 0.25) is 0 Å². The normalized spacial score (nSPS) is 17.4. The third-order valence-electron chi connectivity index (χ3n) is 12.2. The lowest BCUT2D eigenvalue weighted by Gasteiger charge is -2.19. The molecule has 6 aromatic carbocycles. The molecule has 10 aromatic rings. The molecule has 4 aromatic heterocycles. The molecular weight excluding hydrogens is 711 g/mol. The molecule has 6 heteroatoms. The fourth-order valence-corrected chi connectivity index (χ4v) is 9.40. The van der Waals surface area contributed by atoms with Crippen molar-refractivity contribution in [1.29, 1.82) is 0 Å². The number of rotatable bonds is 5. The Kier molecular flexibility index (Phi) is 6.52. The van der Waals surface area contributed by atoms with E-state index in [1.165, 1.54) is 38.5 Å². The third kappa shape index (κ3) is 4.69. The summed E-state index contributed by atoms with van der Waals surface area (Å²) in [6.45, 7) is 0. The summed E-state index contributed by atoms with van der Waals surface area (Å²) >= 11 is 0. The highest BCUT2D eigenvalue weighted by atomic mass is 16.3. The Bertz CT molecular complexity index is 3510. The highest BCUT2D eigenvalue weighted by Gasteiger charge is 2.29. The van der Waals surface area contributed by atoms with Gasteiger partial charge >= 0.3 is 0 Å². The van der Waals surface area contributed by atoms with Crippen LogP contribution in [0.5, 0.6) is 0 Å². The third-order valence-corrected chi connectivity index (χ3v) is 12.2. The number of hydrogen-bond donors (Lipinski definition) is 0. The fourth-order valence-electron chi connectivity index (χ4n) is 9.40. The Morgan fingerprint density at radius 1 is 0.552 bits per heavy atom. The zero-order valence-corrected chi connectivity index (χ0v) is 31.2. The molecule has 3 aliphatic rings. The van der Waals surface area contributed by atoms with E-state index in [4.69, 9.17) is 19.4 Å². The van der Waals surface area contributed by atoms with Gasteiger partial charge in [-0.3, -0.25) is 4.57 Å². The minimum absolute atomic E-state index is 0.0968. The molecule has 3 aliphatic carbocycles. The first-order valence-electron chi connectivity index (χ1n) is 19.9. The average Bonchev–Trinajstić information content (AvgIpc) is 3.74. The number of benzene rings is 6. The van der Waals surface area contributed by atoms with Crippen LogP contribution >= 0.6 is 0 Å². The highest BCUT2D eigenvalue weighted by molar-refractivity contribution is 6.12. The van der Waals surface area contributed by atoms with Crippen LogP contribution in [0.4, 0.5) is 0 Å². The molecular formula is C52H33N5O. The van der Waals surface area contributed by atoms with Crippen molar-refractivity contribution in [2.75, 3.05) is 0 Å². The van der Waals surface area contributed by atoms with Crippen LogP contribution in [0.1, 0.15) is 23.7 Å². The molecule has 0 saturated carbocycles. The highest BCUT2D eigenvalue weighted by Crippen LogP contribution is 2.45. The molecule has 0 radical (unpaired) electrons. The molecule has 272 valence electrons. The predicted octanol–water partition coefficient (Wildman–Crippen LogP) is 12.7. The Morgan fingerprint density at radius 3 is 2.02 bits per heavy atom. The van der Waals surface area contributed by atoms with Gasteiger partial charge in [-0.15, -0.1) is 0 Å². The first kappa shape index (κ1) is 31.6. The van der Waals surface area contributed by atoms with Gasteiger partial charge in [0, 0.05) is 55.4 Å². The van der Waals surface area contributed by atoms with Crippen molar-refractivity contribution in [2.45, 2.75) is 12.3 Å². The van der Waals surface area contributed by atoms with Gasteiger partial charge in [0.1, 0.15) is 17.0 Å². The van der Waals surface area contributed by atoms with Crippen molar-refractivity contribution in [3.8, 4) is 17.3 Å². The monoisotopic (exact) mass is 743 g/mol. The number of hydrogen-bond acceptors (Lipinski definition) is 4. The van der Waals surface area contributed by atoms with Crippen LogP contribution in [0.25, 0.3) is 94.2 Å². The molecule has 13 rings (SSSR count). The lowest BCUT2D eigenvalue weighted by molar-refractivity contribution is 0.669. The molecule has 0 N–H and O–H groups in total. The number of allylic oxidation sites excluding steroid dienone is 10. The first-order chi connectivity index (χ1) is 28.7. The maximum atomic E-state index is 6.21. The van der Waals surface area contributed by atoms with E-state index >= 15 is 0 Å². The summed E-state index contributed by atoms with van der Waals surface area (Å²) in [4.78, 5) is 15.9. The summed E-state index contributed by atoms with van der Waals surface area (Å²) in [5, 5.41) is 6.92. The van der Waals surface area contributed by atoms with Crippen molar-refractivity contribution in [1.82, 2.24) is 24.1 Å². The second-order valence-corrected chi connectivity index (χ2v) is 15.5. The van der Waals surface area contributed by atoms with Gasteiger partial charge in [-0.05, 0) is 89.9 Å². The summed E-state index contributed by atoms with van der Waals surface area (Å²) < 4.78 is 10.8. The van der Waals surface area contributed by atoms with Gasteiger partial charge in [0.15, 0.2) is 5.82 Å². The number of nitrogens with zero attached hydrogens (tertiary/aromatic N) is 5. The topological polar surface area (TPSA) is 61.7 Å². The minimum Gasteiger partial charge on any atom is -0.456 e. The van der Waals surface area contributed by atoms with Crippen LogP contribution in [-0.4, -0.2) is 24.1 Å². The van der Waals surface area contributed by atoms with Crippen molar-refractivity contribution in [3.63, 3.8) is 0 Å². The van der Waals surface area contributed by atoms with Crippen LogP contribution in [0, 0.1) is 5.92 Å². The summed E-state index contributed by atoms with van der Waals surface area (Å²) in [5.74, 6) is 2.35. The number of para-hydroxylation sites is 4. The van der Waals surface area contributed by atoms with Gasteiger partial charge in [-0.25, -0.2) is 4.98 Å². The van der Waals surface area contributed by atoms with Crippen LogP contribution in [0.3, 0.4) is 0 Å². The minimum atomic E-state index is -0.0968. The van der Waals surface area contributed by atoms with Crippen molar-refractivity contribution in [3.05, 3.63) is 193 Å². The molecule has 0 bridgehead atoms. The molecule has 2 atom stereocenters. The van der Waals surface area contributed by atoms with E-state index in [9.17, 15) is 0 Å². The van der Waals surface area contributed by atoms with Crippen LogP contribution in [-0.2, 0) is 0 Å². The Labute approximate surface area is 332 Å². The van der Waals surface area contributed by atoms with Gasteiger partial charge in [-0.2, -0.15) is 9.97 Å². The lowest BCUT2D eigenvalue weighted by atomic mass is 9.96. The molecule has 0 fully saturated rings. The van der Waals surface area contributed by atoms with Crippen molar-refractivity contribution >= 4 is 76.8 Å². The number of aromatic nitrogens is 5. The lowest BCUT2D eigenvalue weighted by Crippen LogP contribution is -2.12. The zero-order chi connectivity index (χ0) is 37.9. The summed E-state index contributed by atoms with van der Waals surface area (Å²) in [5.41, 5.74) is 12.2. The molecule has 1 unspecified atom stereocenters. The van der Waals surface area contributed by atoms with Gasteiger partial charge in [-0.1, -0.05) is 109 Å². The maximum absolute atomic E-state index is 6.21. The Hall–Kier alpha value is -7.57. The Balaban J connectivity index is 1.00. The van der Waals surface area contributed by atoms with Crippen LogP contribution in [0.15, 0.2) is 186 Å². The molecule has 0 amide bonds. The van der Waals surface area contributed by atoms with Crippen LogP contribution < -0.4 is 0 Å². The van der Waals surface area contributed by atoms with Gasteiger partial charge in [0.05, 0.1) is 22.1 Å². The second kappa shape index (κ2) is 12.0. The van der Waals surface area contributed by atoms with Crippen molar-refractivity contribution in [2.24, 2.45) is 5.92 Å². The van der Waals surface area contributed by atoms with Crippen molar-refractivity contribution < 1.29 is 4.42 Å². The van der Waals surface area contributed by atoms with E-state index < -0.39 is 0 Å².